The molecule has 3 N–H and O–H groups in total. The van der Waals surface area contributed by atoms with Crippen molar-refractivity contribution in [2.24, 2.45) is 11.7 Å². The highest BCUT2D eigenvalue weighted by molar-refractivity contribution is 5.85. The van der Waals surface area contributed by atoms with Crippen LogP contribution in [0.1, 0.15) is 31.2 Å². The van der Waals surface area contributed by atoms with E-state index in [0.29, 0.717) is 18.9 Å². The van der Waals surface area contributed by atoms with E-state index >= 15 is 0 Å². The van der Waals surface area contributed by atoms with E-state index in [0.717, 1.165) is 30.6 Å². The van der Waals surface area contributed by atoms with E-state index in [9.17, 15) is 4.79 Å². The largest absolute Gasteiger partial charge is 0.497 e. The highest BCUT2D eigenvalue weighted by Crippen LogP contribution is 2.24. The van der Waals surface area contributed by atoms with Crippen LogP contribution >= 0.6 is 12.4 Å². The average molecular weight is 313 g/mol. The maximum Gasteiger partial charge on any atom is 0.220 e. The monoisotopic (exact) mass is 312 g/mol. The smallest absolute Gasteiger partial charge is 0.220 e. The SMILES string of the molecule is COc1cccc(CCC(=O)NC2CCCC2CN)c1.Cl. The summed E-state index contributed by atoms with van der Waals surface area (Å²) in [5.41, 5.74) is 6.86. The first-order chi connectivity index (χ1) is 9.72. The molecular weight excluding hydrogens is 288 g/mol. The molecule has 0 heterocycles. The molecule has 118 valence electrons. The second-order valence-corrected chi connectivity index (χ2v) is 5.45. The van der Waals surface area contributed by atoms with Crippen molar-refractivity contribution in [3.8, 4) is 5.75 Å². The Hall–Kier alpha value is -1.26. The van der Waals surface area contributed by atoms with Crippen LogP contribution in [0.25, 0.3) is 0 Å². The summed E-state index contributed by atoms with van der Waals surface area (Å²) in [6.45, 7) is 0.667. The third-order valence-corrected chi connectivity index (χ3v) is 4.08. The second-order valence-electron chi connectivity index (χ2n) is 5.45. The number of methoxy groups -OCH3 is 1. The number of amides is 1. The van der Waals surface area contributed by atoms with Crippen LogP contribution in [0.15, 0.2) is 24.3 Å². The van der Waals surface area contributed by atoms with Crippen molar-refractivity contribution >= 4 is 18.3 Å². The van der Waals surface area contributed by atoms with Gasteiger partial charge < -0.3 is 15.8 Å². The number of carbonyl (C=O) groups is 1. The van der Waals surface area contributed by atoms with Gasteiger partial charge in [-0.1, -0.05) is 18.6 Å². The van der Waals surface area contributed by atoms with Gasteiger partial charge in [0, 0.05) is 12.5 Å². The first-order valence-corrected chi connectivity index (χ1v) is 7.35. The number of aryl methyl sites for hydroxylation is 1. The molecule has 0 aliphatic heterocycles. The van der Waals surface area contributed by atoms with Gasteiger partial charge in [0.2, 0.25) is 5.91 Å². The third-order valence-electron chi connectivity index (χ3n) is 4.08. The molecule has 21 heavy (non-hydrogen) atoms. The molecule has 1 aromatic carbocycles. The third kappa shape index (κ3) is 5.21. The first-order valence-electron chi connectivity index (χ1n) is 7.35. The highest BCUT2D eigenvalue weighted by atomic mass is 35.5. The second kappa shape index (κ2) is 8.90. The van der Waals surface area contributed by atoms with Gasteiger partial charge in [0.1, 0.15) is 5.75 Å². The predicted molar refractivity (Wildman–Crippen MR) is 86.9 cm³/mol. The van der Waals surface area contributed by atoms with Crippen LogP contribution in [0.3, 0.4) is 0 Å². The van der Waals surface area contributed by atoms with E-state index < -0.39 is 0 Å². The molecule has 0 spiro atoms. The molecule has 0 saturated heterocycles. The van der Waals surface area contributed by atoms with Gasteiger partial charge in [-0.3, -0.25) is 4.79 Å². The summed E-state index contributed by atoms with van der Waals surface area (Å²) < 4.78 is 5.18. The van der Waals surface area contributed by atoms with Gasteiger partial charge in [0.05, 0.1) is 7.11 Å². The minimum Gasteiger partial charge on any atom is -0.497 e. The zero-order valence-electron chi connectivity index (χ0n) is 12.5. The van der Waals surface area contributed by atoms with Crippen molar-refractivity contribution in [2.45, 2.75) is 38.1 Å². The van der Waals surface area contributed by atoms with E-state index in [1.54, 1.807) is 7.11 Å². The summed E-state index contributed by atoms with van der Waals surface area (Å²) >= 11 is 0. The van der Waals surface area contributed by atoms with E-state index in [-0.39, 0.29) is 24.4 Å². The van der Waals surface area contributed by atoms with Crippen molar-refractivity contribution in [1.29, 1.82) is 0 Å². The number of nitrogens with one attached hydrogen (secondary N) is 1. The summed E-state index contributed by atoms with van der Waals surface area (Å²) in [7, 11) is 1.65. The van der Waals surface area contributed by atoms with Gasteiger partial charge >= 0.3 is 0 Å². The number of ether oxygens (including phenoxy) is 1. The van der Waals surface area contributed by atoms with Crippen LogP contribution in [0.2, 0.25) is 0 Å². The fourth-order valence-electron chi connectivity index (χ4n) is 2.87. The summed E-state index contributed by atoms with van der Waals surface area (Å²) in [6, 6.07) is 8.14. The zero-order chi connectivity index (χ0) is 14.4. The Bertz CT molecular complexity index is 454. The standard InChI is InChI=1S/C16H24N2O2.ClH/c1-20-14-6-2-4-12(10-14)8-9-16(19)18-15-7-3-5-13(15)11-17;/h2,4,6,10,13,15H,3,5,7-9,11,17H2,1H3,(H,18,19);1H. The lowest BCUT2D eigenvalue weighted by molar-refractivity contribution is -0.122. The van der Waals surface area contributed by atoms with Crippen molar-refractivity contribution in [2.75, 3.05) is 13.7 Å². The quantitative estimate of drug-likeness (QED) is 0.847. The van der Waals surface area contributed by atoms with Gasteiger partial charge in [-0.15, -0.1) is 12.4 Å². The molecule has 2 atom stereocenters. The van der Waals surface area contributed by atoms with E-state index in [2.05, 4.69) is 5.32 Å². The Morgan fingerprint density at radius 3 is 2.95 bits per heavy atom. The lowest BCUT2D eigenvalue weighted by Gasteiger charge is -2.19. The Balaban J connectivity index is 0.00000220. The number of benzene rings is 1. The van der Waals surface area contributed by atoms with E-state index in [1.165, 1.54) is 6.42 Å². The number of hydrogen-bond donors (Lipinski definition) is 2. The number of hydrogen-bond acceptors (Lipinski definition) is 3. The van der Waals surface area contributed by atoms with Crippen LogP contribution in [-0.4, -0.2) is 25.6 Å². The Morgan fingerprint density at radius 2 is 2.24 bits per heavy atom. The van der Waals surface area contributed by atoms with Gasteiger partial charge in [-0.2, -0.15) is 0 Å². The number of carbonyl (C=O) groups excluding carboxylic acids is 1. The molecule has 0 aromatic heterocycles. The van der Waals surface area contributed by atoms with Crippen molar-refractivity contribution in [1.82, 2.24) is 5.32 Å². The summed E-state index contributed by atoms with van der Waals surface area (Å²) in [5.74, 6) is 1.41. The summed E-state index contributed by atoms with van der Waals surface area (Å²) in [6.07, 6.45) is 4.62. The molecule has 0 bridgehead atoms. The molecular formula is C16H25ClN2O2. The van der Waals surface area contributed by atoms with Crippen LogP contribution < -0.4 is 15.8 Å². The lowest BCUT2D eigenvalue weighted by Crippen LogP contribution is -2.39. The molecule has 2 rings (SSSR count). The minimum absolute atomic E-state index is 0. The molecule has 1 aromatic rings. The van der Waals surface area contributed by atoms with Gasteiger partial charge in [-0.05, 0) is 49.4 Å². The molecule has 5 heteroatoms. The van der Waals surface area contributed by atoms with Crippen LogP contribution in [0.5, 0.6) is 5.75 Å². The first kappa shape index (κ1) is 17.8. The zero-order valence-corrected chi connectivity index (χ0v) is 13.3. The Morgan fingerprint density at radius 1 is 1.43 bits per heavy atom. The Kier molecular flexibility index (Phi) is 7.54. The van der Waals surface area contributed by atoms with Gasteiger partial charge in [-0.25, -0.2) is 0 Å². The lowest BCUT2D eigenvalue weighted by atomic mass is 10.0. The topological polar surface area (TPSA) is 64.3 Å². The van der Waals surface area contributed by atoms with Crippen molar-refractivity contribution in [3.05, 3.63) is 29.8 Å². The van der Waals surface area contributed by atoms with Crippen LogP contribution in [0.4, 0.5) is 0 Å². The fourth-order valence-corrected chi connectivity index (χ4v) is 2.87. The molecule has 1 saturated carbocycles. The molecule has 2 unspecified atom stereocenters. The molecule has 4 nitrogen and oxygen atoms in total. The van der Waals surface area contributed by atoms with Crippen LogP contribution in [-0.2, 0) is 11.2 Å². The van der Waals surface area contributed by atoms with Crippen molar-refractivity contribution in [3.63, 3.8) is 0 Å². The van der Waals surface area contributed by atoms with Gasteiger partial charge in [0.25, 0.3) is 0 Å². The number of halogens is 1. The van der Waals surface area contributed by atoms with E-state index in [1.807, 2.05) is 24.3 Å². The highest BCUT2D eigenvalue weighted by Gasteiger charge is 2.26. The fraction of sp³-hybridized carbons (Fsp3) is 0.562. The van der Waals surface area contributed by atoms with Crippen LogP contribution in [0, 0.1) is 5.92 Å². The average Bonchev–Trinajstić information content (AvgIpc) is 2.92. The maximum absolute atomic E-state index is 12.0. The van der Waals surface area contributed by atoms with E-state index in [4.69, 9.17) is 10.5 Å². The number of nitrogens with two attached hydrogens (primary N) is 1. The molecule has 1 fully saturated rings. The normalized spacial score (nSPS) is 20.7. The predicted octanol–water partition coefficient (Wildman–Crippen LogP) is 2.29. The molecule has 1 amide bonds. The summed E-state index contributed by atoms with van der Waals surface area (Å²) in [4.78, 5) is 12.0. The molecule has 0 radical (unpaired) electrons. The Labute approximate surface area is 132 Å². The number of rotatable bonds is 6. The molecule has 1 aliphatic carbocycles. The molecule has 1 aliphatic rings. The minimum atomic E-state index is 0. The van der Waals surface area contributed by atoms with Gasteiger partial charge in [0.15, 0.2) is 0 Å². The van der Waals surface area contributed by atoms with Crippen molar-refractivity contribution < 1.29 is 9.53 Å². The summed E-state index contributed by atoms with van der Waals surface area (Å²) in [5, 5.41) is 3.13. The maximum atomic E-state index is 12.0.